The van der Waals surface area contributed by atoms with E-state index < -0.39 is 0 Å². The molecule has 0 unspecified atom stereocenters. The van der Waals surface area contributed by atoms with Crippen molar-refractivity contribution in [3.8, 4) is 0 Å². The first-order valence-electron chi connectivity index (χ1n) is 7.31. The maximum Gasteiger partial charge on any atom is 0.170 e. The third-order valence-corrected chi connectivity index (χ3v) is 4.22. The molecule has 0 spiro atoms. The van der Waals surface area contributed by atoms with Crippen molar-refractivity contribution in [2.45, 2.75) is 12.8 Å². The first-order valence-corrected chi connectivity index (χ1v) is 7.31. The second-order valence-corrected chi connectivity index (χ2v) is 5.76. The Morgan fingerprint density at radius 3 is 2.35 bits per heavy atom. The monoisotopic (exact) mass is 274 g/mol. The first kappa shape index (κ1) is 13.2. The minimum atomic E-state index is 0.158. The summed E-state index contributed by atoms with van der Waals surface area (Å²) in [6.45, 7) is 5.75. The van der Waals surface area contributed by atoms with E-state index in [1.807, 2.05) is 24.3 Å². The van der Waals surface area contributed by atoms with Crippen molar-refractivity contribution < 1.29 is 5.21 Å². The lowest BCUT2D eigenvalue weighted by Crippen LogP contribution is -2.47. The van der Waals surface area contributed by atoms with Crippen molar-refractivity contribution in [1.29, 1.82) is 0 Å². The predicted molar refractivity (Wildman–Crippen MR) is 80.3 cm³/mol. The summed E-state index contributed by atoms with van der Waals surface area (Å²) in [6.07, 6.45) is 2.85. The molecule has 2 aliphatic rings. The molecule has 1 aromatic rings. The lowest BCUT2D eigenvalue weighted by atomic mass is 10.1. The highest BCUT2D eigenvalue weighted by atomic mass is 16.4. The third kappa shape index (κ3) is 3.04. The third-order valence-electron chi connectivity index (χ3n) is 4.22. The summed E-state index contributed by atoms with van der Waals surface area (Å²) in [5.74, 6) is 1.13. The maximum absolute atomic E-state index is 8.66. The highest BCUT2D eigenvalue weighted by Crippen LogP contribution is 2.30. The normalized spacial score (nSPS) is 21.2. The molecule has 1 saturated carbocycles. The van der Waals surface area contributed by atoms with Crippen molar-refractivity contribution in [2.75, 3.05) is 37.6 Å². The van der Waals surface area contributed by atoms with Gasteiger partial charge in [0.25, 0.3) is 0 Å². The minimum Gasteiger partial charge on any atom is -0.409 e. The quantitative estimate of drug-likeness (QED) is 0.376. The Kier molecular flexibility index (Phi) is 3.78. The summed E-state index contributed by atoms with van der Waals surface area (Å²) in [7, 11) is 0. The smallest absolute Gasteiger partial charge is 0.170 e. The van der Waals surface area contributed by atoms with E-state index in [0.717, 1.165) is 37.7 Å². The van der Waals surface area contributed by atoms with E-state index in [1.165, 1.54) is 25.1 Å². The molecule has 108 valence electrons. The molecular weight excluding hydrogens is 252 g/mol. The highest BCUT2D eigenvalue weighted by molar-refractivity contribution is 5.97. The molecule has 1 aliphatic heterocycles. The Morgan fingerprint density at radius 1 is 1.15 bits per heavy atom. The standard InChI is InChI=1S/C15H22N4O/c16-15(17-20)13-3-5-14(6-4-13)19-9-7-18(8-10-19)11-12-1-2-12/h3-6,12,20H,1-2,7-11H2,(H2,16,17). The lowest BCUT2D eigenvalue weighted by Gasteiger charge is -2.36. The van der Waals surface area contributed by atoms with Gasteiger partial charge in [0, 0.05) is 44.0 Å². The van der Waals surface area contributed by atoms with Crippen LogP contribution in [-0.2, 0) is 0 Å². The second kappa shape index (κ2) is 5.71. The van der Waals surface area contributed by atoms with Crippen molar-refractivity contribution in [2.24, 2.45) is 16.8 Å². The molecule has 5 heteroatoms. The average molecular weight is 274 g/mol. The lowest BCUT2D eigenvalue weighted by molar-refractivity contribution is 0.248. The van der Waals surface area contributed by atoms with Gasteiger partial charge in [-0.25, -0.2) is 0 Å². The number of oxime groups is 1. The zero-order chi connectivity index (χ0) is 13.9. The number of hydrogen-bond acceptors (Lipinski definition) is 4. The molecule has 1 saturated heterocycles. The van der Waals surface area contributed by atoms with Gasteiger partial charge in [-0.1, -0.05) is 5.16 Å². The molecule has 1 heterocycles. The van der Waals surface area contributed by atoms with Gasteiger partial charge in [-0.3, -0.25) is 4.90 Å². The maximum atomic E-state index is 8.66. The number of amidine groups is 1. The van der Waals surface area contributed by atoms with Crippen LogP contribution in [0.2, 0.25) is 0 Å². The van der Waals surface area contributed by atoms with Gasteiger partial charge in [-0.05, 0) is 43.0 Å². The Bertz CT molecular complexity index is 473. The summed E-state index contributed by atoms with van der Waals surface area (Å²) < 4.78 is 0. The molecule has 3 rings (SSSR count). The van der Waals surface area contributed by atoms with Crippen molar-refractivity contribution in [3.05, 3.63) is 29.8 Å². The van der Waals surface area contributed by atoms with Crippen molar-refractivity contribution in [1.82, 2.24) is 4.90 Å². The molecule has 0 amide bonds. The molecule has 20 heavy (non-hydrogen) atoms. The molecule has 0 bridgehead atoms. The molecule has 0 aromatic heterocycles. The van der Waals surface area contributed by atoms with E-state index in [1.54, 1.807) is 0 Å². The fourth-order valence-electron chi connectivity index (χ4n) is 2.75. The number of nitrogens with two attached hydrogens (primary N) is 1. The molecule has 2 fully saturated rings. The summed E-state index contributed by atoms with van der Waals surface area (Å²) in [6, 6.07) is 7.90. The van der Waals surface area contributed by atoms with Gasteiger partial charge in [0.2, 0.25) is 0 Å². The van der Waals surface area contributed by atoms with Crippen LogP contribution >= 0.6 is 0 Å². The second-order valence-electron chi connectivity index (χ2n) is 5.76. The Morgan fingerprint density at radius 2 is 1.80 bits per heavy atom. The average Bonchev–Trinajstić information content (AvgIpc) is 3.31. The number of piperazine rings is 1. The molecule has 3 N–H and O–H groups in total. The van der Waals surface area contributed by atoms with Crippen LogP contribution in [0.25, 0.3) is 0 Å². The number of hydrogen-bond donors (Lipinski definition) is 2. The van der Waals surface area contributed by atoms with E-state index >= 15 is 0 Å². The Hall–Kier alpha value is -1.75. The molecule has 1 aliphatic carbocycles. The highest BCUT2D eigenvalue weighted by Gasteiger charge is 2.26. The van der Waals surface area contributed by atoms with Gasteiger partial charge in [-0.2, -0.15) is 0 Å². The largest absolute Gasteiger partial charge is 0.409 e. The van der Waals surface area contributed by atoms with Gasteiger partial charge in [-0.15, -0.1) is 0 Å². The fourth-order valence-corrected chi connectivity index (χ4v) is 2.75. The zero-order valence-electron chi connectivity index (χ0n) is 11.7. The van der Waals surface area contributed by atoms with Gasteiger partial charge in [0.15, 0.2) is 5.84 Å². The predicted octanol–water partition coefficient (Wildman–Crippen LogP) is 1.31. The van der Waals surface area contributed by atoms with E-state index in [4.69, 9.17) is 10.9 Å². The molecule has 1 aromatic carbocycles. The van der Waals surface area contributed by atoms with Crippen LogP contribution in [0.4, 0.5) is 5.69 Å². The van der Waals surface area contributed by atoms with Gasteiger partial charge in [0.05, 0.1) is 0 Å². The van der Waals surface area contributed by atoms with E-state index in [0.29, 0.717) is 0 Å². The van der Waals surface area contributed by atoms with Crippen LogP contribution in [0.15, 0.2) is 29.4 Å². The van der Waals surface area contributed by atoms with Crippen LogP contribution < -0.4 is 10.6 Å². The van der Waals surface area contributed by atoms with Crippen LogP contribution in [0.3, 0.4) is 0 Å². The molecule has 0 atom stereocenters. The van der Waals surface area contributed by atoms with Crippen LogP contribution in [0.5, 0.6) is 0 Å². The fraction of sp³-hybridized carbons (Fsp3) is 0.533. The first-order chi connectivity index (χ1) is 9.76. The van der Waals surface area contributed by atoms with Gasteiger partial charge < -0.3 is 15.8 Å². The Labute approximate surface area is 119 Å². The topological polar surface area (TPSA) is 65.1 Å². The number of rotatable bonds is 4. The number of anilines is 1. The SMILES string of the molecule is NC(=NO)c1ccc(N2CCN(CC3CC3)CC2)cc1. The van der Waals surface area contributed by atoms with Crippen LogP contribution in [0.1, 0.15) is 18.4 Å². The van der Waals surface area contributed by atoms with E-state index in [-0.39, 0.29) is 5.84 Å². The number of benzene rings is 1. The van der Waals surface area contributed by atoms with Gasteiger partial charge >= 0.3 is 0 Å². The Balaban J connectivity index is 1.57. The number of nitrogens with zero attached hydrogens (tertiary/aromatic N) is 3. The van der Waals surface area contributed by atoms with E-state index in [2.05, 4.69) is 15.0 Å². The minimum absolute atomic E-state index is 0.158. The van der Waals surface area contributed by atoms with Gasteiger partial charge in [0.1, 0.15) is 0 Å². The molecule has 5 nitrogen and oxygen atoms in total. The van der Waals surface area contributed by atoms with Crippen molar-refractivity contribution in [3.63, 3.8) is 0 Å². The molecular formula is C15H22N4O. The summed E-state index contributed by atoms with van der Waals surface area (Å²) in [4.78, 5) is 4.98. The van der Waals surface area contributed by atoms with Crippen LogP contribution in [0, 0.1) is 5.92 Å². The summed E-state index contributed by atoms with van der Waals surface area (Å²) in [5.41, 5.74) is 7.54. The summed E-state index contributed by atoms with van der Waals surface area (Å²) >= 11 is 0. The zero-order valence-corrected chi connectivity index (χ0v) is 11.7. The van der Waals surface area contributed by atoms with Crippen LogP contribution in [-0.4, -0.2) is 48.7 Å². The van der Waals surface area contributed by atoms with E-state index in [9.17, 15) is 0 Å². The summed E-state index contributed by atoms with van der Waals surface area (Å²) in [5, 5.41) is 11.7. The molecule has 0 radical (unpaired) electrons. The van der Waals surface area contributed by atoms with Crippen molar-refractivity contribution >= 4 is 11.5 Å².